The van der Waals surface area contributed by atoms with E-state index in [0.29, 0.717) is 17.7 Å². The molecule has 2 rings (SSSR count). The molecule has 1 heterocycles. The summed E-state index contributed by atoms with van der Waals surface area (Å²) in [5.74, 6) is 5.55. The van der Waals surface area contributed by atoms with Gasteiger partial charge in [0.1, 0.15) is 18.2 Å². The van der Waals surface area contributed by atoms with Crippen LogP contribution in [0.3, 0.4) is 0 Å². The first-order valence-electron chi connectivity index (χ1n) is 6.63. The predicted molar refractivity (Wildman–Crippen MR) is 78.3 cm³/mol. The molecule has 3 nitrogen and oxygen atoms in total. The van der Waals surface area contributed by atoms with Crippen molar-refractivity contribution in [1.29, 1.82) is 0 Å². The van der Waals surface area contributed by atoms with Crippen LogP contribution in [-0.4, -0.2) is 16.7 Å². The summed E-state index contributed by atoms with van der Waals surface area (Å²) in [6.07, 6.45) is 0.361. The van der Waals surface area contributed by atoms with Crippen molar-refractivity contribution in [3.63, 3.8) is 0 Å². The van der Waals surface area contributed by atoms with Gasteiger partial charge in [0, 0.05) is 23.7 Å². The quantitative estimate of drug-likeness (QED) is 0.878. The molecule has 1 N–H and O–H groups in total. The Morgan fingerprint density at radius 2 is 2.14 bits per heavy atom. The monoisotopic (exact) mass is 285 g/mol. The van der Waals surface area contributed by atoms with E-state index < -0.39 is 5.82 Å². The molecule has 0 saturated heterocycles. The molecule has 0 radical (unpaired) electrons. The summed E-state index contributed by atoms with van der Waals surface area (Å²) >= 11 is 0. The highest BCUT2D eigenvalue weighted by molar-refractivity contribution is 5.40. The van der Waals surface area contributed by atoms with E-state index in [2.05, 4.69) is 16.8 Å². The molecule has 0 aliphatic rings. The summed E-state index contributed by atoms with van der Waals surface area (Å²) in [5.41, 5.74) is 2.22. The zero-order valence-corrected chi connectivity index (χ0v) is 11.8. The van der Waals surface area contributed by atoms with Crippen LogP contribution in [0.15, 0.2) is 36.4 Å². The smallest absolute Gasteiger partial charge is 0.130 e. The molecular formula is C17H16FNO2. The van der Waals surface area contributed by atoms with Crippen molar-refractivity contribution < 1.29 is 14.2 Å². The van der Waals surface area contributed by atoms with Crippen molar-refractivity contribution in [1.82, 2.24) is 4.98 Å². The molecule has 0 atom stereocenters. The fourth-order valence-corrected chi connectivity index (χ4v) is 1.78. The van der Waals surface area contributed by atoms with Crippen LogP contribution in [0.1, 0.15) is 23.4 Å². The van der Waals surface area contributed by atoms with Crippen LogP contribution in [0.4, 0.5) is 4.39 Å². The van der Waals surface area contributed by atoms with Crippen molar-refractivity contribution in [3.05, 3.63) is 59.2 Å². The first-order valence-corrected chi connectivity index (χ1v) is 6.63. The minimum Gasteiger partial charge on any atom is -0.487 e. The maximum absolute atomic E-state index is 13.5. The van der Waals surface area contributed by atoms with Crippen LogP contribution in [-0.2, 0) is 6.61 Å². The van der Waals surface area contributed by atoms with Crippen LogP contribution in [0, 0.1) is 24.6 Å². The Morgan fingerprint density at radius 3 is 2.90 bits per heavy atom. The molecule has 4 heteroatoms. The summed E-state index contributed by atoms with van der Waals surface area (Å²) in [4.78, 5) is 4.32. The van der Waals surface area contributed by atoms with Gasteiger partial charge in [-0.2, -0.15) is 0 Å². The minimum absolute atomic E-state index is 0.00923. The van der Waals surface area contributed by atoms with Gasteiger partial charge in [0.2, 0.25) is 0 Å². The van der Waals surface area contributed by atoms with Gasteiger partial charge >= 0.3 is 0 Å². The van der Waals surface area contributed by atoms with Crippen molar-refractivity contribution >= 4 is 0 Å². The highest BCUT2D eigenvalue weighted by Gasteiger charge is 2.02. The standard InChI is InChI=1S/C17H16FNO2/c1-13-5-4-7-16(19-13)12-21-17-10-14(6-2-3-8-20)9-15(18)11-17/h4-5,7,9-11,20H,3,8,12H2,1H3. The summed E-state index contributed by atoms with van der Waals surface area (Å²) in [5, 5.41) is 8.68. The number of aromatic nitrogens is 1. The third-order valence-corrected chi connectivity index (χ3v) is 2.67. The average molecular weight is 285 g/mol. The lowest BCUT2D eigenvalue weighted by Gasteiger charge is -2.07. The van der Waals surface area contributed by atoms with E-state index in [9.17, 15) is 4.39 Å². The molecule has 21 heavy (non-hydrogen) atoms. The van der Waals surface area contributed by atoms with E-state index in [1.165, 1.54) is 12.1 Å². The van der Waals surface area contributed by atoms with Gasteiger partial charge in [-0.1, -0.05) is 17.9 Å². The first kappa shape index (κ1) is 15.0. The number of benzene rings is 1. The van der Waals surface area contributed by atoms with Gasteiger partial charge in [-0.3, -0.25) is 4.98 Å². The van der Waals surface area contributed by atoms with Crippen molar-refractivity contribution in [2.45, 2.75) is 20.0 Å². The Balaban J connectivity index is 2.08. The number of aliphatic hydroxyl groups is 1. The zero-order chi connectivity index (χ0) is 15.1. The average Bonchev–Trinajstić information content (AvgIpc) is 2.45. The van der Waals surface area contributed by atoms with Crippen LogP contribution in [0.5, 0.6) is 5.75 Å². The largest absolute Gasteiger partial charge is 0.487 e. The Bertz CT molecular complexity index is 674. The highest BCUT2D eigenvalue weighted by atomic mass is 19.1. The molecular weight excluding hydrogens is 269 g/mol. The van der Waals surface area contributed by atoms with E-state index >= 15 is 0 Å². The fraction of sp³-hybridized carbons (Fsp3) is 0.235. The van der Waals surface area contributed by atoms with Gasteiger partial charge in [-0.05, 0) is 31.2 Å². The van der Waals surface area contributed by atoms with Gasteiger partial charge in [0.05, 0.1) is 12.3 Å². The maximum atomic E-state index is 13.5. The Labute approximate surface area is 123 Å². The van der Waals surface area contributed by atoms with Gasteiger partial charge in [-0.15, -0.1) is 0 Å². The third kappa shape index (κ3) is 4.90. The molecule has 0 aliphatic heterocycles. The van der Waals surface area contributed by atoms with E-state index in [1.54, 1.807) is 6.07 Å². The Hall–Kier alpha value is -2.38. The molecule has 0 bridgehead atoms. The Kier molecular flexibility index (Phi) is 5.30. The molecule has 108 valence electrons. The van der Waals surface area contributed by atoms with Gasteiger partial charge in [-0.25, -0.2) is 4.39 Å². The van der Waals surface area contributed by atoms with E-state index in [1.807, 2.05) is 25.1 Å². The Morgan fingerprint density at radius 1 is 1.29 bits per heavy atom. The zero-order valence-electron chi connectivity index (χ0n) is 11.8. The van der Waals surface area contributed by atoms with Crippen LogP contribution in [0.25, 0.3) is 0 Å². The third-order valence-electron chi connectivity index (χ3n) is 2.67. The first-order chi connectivity index (χ1) is 10.2. The van der Waals surface area contributed by atoms with Crippen molar-refractivity contribution in [2.24, 2.45) is 0 Å². The molecule has 0 amide bonds. The molecule has 0 aliphatic carbocycles. The number of pyridine rings is 1. The van der Waals surface area contributed by atoms with Crippen LogP contribution in [0.2, 0.25) is 0 Å². The van der Waals surface area contributed by atoms with Crippen molar-refractivity contribution in [2.75, 3.05) is 6.61 Å². The summed E-state index contributed by atoms with van der Waals surface area (Å²) < 4.78 is 19.1. The lowest BCUT2D eigenvalue weighted by atomic mass is 10.2. The second-order valence-corrected chi connectivity index (χ2v) is 4.51. The summed E-state index contributed by atoms with van der Waals surface area (Å²) in [6, 6.07) is 9.98. The minimum atomic E-state index is -0.405. The van der Waals surface area contributed by atoms with Crippen molar-refractivity contribution in [3.8, 4) is 17.6 Å². The van der Waals surface area contributed by atoms with Crippen LogP contribution < -0.4 is 4.74 Å². The number of nitrogens with zero attached hydrogens (tertiary/aromatic N) is 1. The summed E-state index contributed by atoms with van der Waals surface area (Å²) in [7, 11) is 0. The number of ether oxygens (including phenoxy) is 1. The number of hydrogen-bond donors (Lipinski definition) is 1. The number of aliphatic hydroxyl groups excluding tert-OH is 1. The highest BCUT2D eigenvalue weighted by Crippen LogP contribution is 2.17. The van der Waals surface area contributed by atoms with Gasteiger partial charge in [0.25, 0.3) is 0 Å². The molecule has 0 unspecified atom stereocenters. The number of hydrogen-bond acceptors (Lipinski definition) is 3. The topological polar surface area (TPSA) is 42.4 Å². The molecule has 2 aromatic rings. The van der Waals surface area contributed by atoms with E-state index in [-0.39, 0.29) is 13.2 Å². The molecule has 0 spiro atoms. The number of aryl methyl sites for hydroxylation is 1. The second kappa shape index (κ2) is 7.41. The van der Waals surface area contributed by atoms with E-state index in [4.69, 9.17) is 9.84 Å². The lowest BCUT2D eigenvalue weighted by Crippen LogP contribution is -1.99. The number of rotatable bonds is 4. The second-order valence-electron chi connectivity index (χ2n) is 4.51. The molecule has 1 aromatic carbocycles. The number of halogens is 1. The molecule has 1 aromatic heterocycles. The van der Waals surface area contributed by atoms with Gasteiger partial charge in [0.15, 0.2) is 0 Å². The maximum Gasteiger partial charge on any atom is 0.130 e. The lowest BCUT2D eigenvalue weighted by molar-refractivity contribution is 0.299. The SMILES string of the molecule is Cc1cccc(COc2cc(F)cc(C#CCCO)c2)n1. The predicted octanol–water partition coefficient (Wildman–Crippen LogP) is 2.84. The molecule has 0 fully saturated rings. The van der Waals surface area contributed by atoms with Gasteiger partial charge < -0.3 is 9.84 Å². The fourth-order valence-electron chi connectivity index (χ4n) is 1.78. The van der Waals surface area contributed by atoms with Crippen LogP contribution >= 0.6 is 0 Å². The molecule has 0 saturated carbocycles. The summed E-state index contributed by atoms with van der Waals surface area (Å²) in [6.45, 7) is 2.17. The van der Waals surface area contributed by atoms with E-state index in [0.717, 1.165) is 11.4 Å². The normalized spacial score (nSPS) is 9.86.